The van der Waals surface area contributed by atoms with Crippen LogP contribution in [0.3, 0.4) is 0 Å². The molecule has 7 nitrogen and oxygen atoms in total. The smallest absolute Gasteiger partial charge is 0.333 e. The van der Waals surface area contributed by atoms with E-state index < -0.39 is 36.4 Å². The average Bonchev–Trinajstić information content (AvgIpc) is 2.33. The van der Waals surface area contributed by atoms with Gasteiger partial charge < -0.3 is 24.8 Å². The molecule has 0 aromatic heterocycles. The molecule has 0 aromatic carbocycles. The summed E-state index contributed by atoms with van der Waals surface area (Å²) in [6.07, 6.45) is -3.48. The van der Waals surface area contributed by atoms with Crippen LogP contribution < -0.4 is 0 Å². The van der Waals surface area contributed by atoms with Crippen LogP contribution in [0.2, 0.25) is 0 Å². The fraction of sp³-hybridized carbons (Fsp3) is 0.636. The summed E-state index contributed by atoms with van der Waals surface area (Å²) >= 11 is 0. The molecule has 4 atom stereocenters. The van der Waals surface area contributed by atoms with E-state index in [1.807, 2.05) is 0 Å². The fourth-order valence-corrected chi connectivity index (χ4v) is 1.63. The number of carbonyl (C=O) groups excluding carboxylic acids is 1. The Labute approximate surface area is 104 Å². The number of hydrogen-bond donors (Lipinski definition) is 3. The summed E-state index contributed by atoms with van der Waals surface area (Å²) in [5.41, 5.74) is 0.151. The lowest BCUT2D eigenvalue weighted by Gasteiger charge is -2.31. The van der Waals surface area contributed by atoms with E-state index in [9.17, 15) is 19.8 Å². The largest absolute Gasteiger partial charge is 0.479 e. The first-order valence-corrected chi connectivity index (χ1v) is 5.40. The third-order valence-corrected chi connectivity index (χ3v) is 2.68. The van der Waals surface area contributed by atoms with Crippen molar-refractivity contribution in [1.29, 1.82) is 0 Å². The Bertz CT molecular complexity index is 362. The van der Waals surface area contributed by atoms with E-state index in [0.29, 0.717) is 0 Å². The Morgan fingerprint density at radius 3 is 2.56 bits per heavy atom. The molecule has 1 aliphatic rings. The second-order valence-electron chi connectivity index (χ2n) is 4.03. The minimum Gasteiger partial charge on any atom is -0.479 e. The summed E-state index contributed by atoms with van der Waals surface area (Å²) in [5.74, 6) is -1.84. The summed E-state index contributed by atoms with van der Waals surface area (Å²) in [4.78, 5) is 22.0. The zero-order chi connectivity index (χ0) is 13.9. The predicted octanol–water partition coefficient (Wildman–Crippen LogP) is -0.930. The highest BCUT2D eigenvalue weighted by molar-refractivity contribution is 5.88. The number of hydrogen-bond acceptors (Lipinski definition) is 6. The first-order chi connectivity index (χ1) is 8.36. The van der Waals surface area contributed by atoms with E-state index >= 15 is 0 Å². The van der Waals surface area contributed by atoms with Crippen LogP contribution in [0, 0.1) is 0 Å². The first kappa shape index (κ1) is 14.6. The Hall–Kier alpha value is -1.44. The van der Waals surface area contributed by atoms with Crippen LogP contribution in [0.15, 0.2) is 11.6 Å². The molecule has 0 fully saturated rings. The number of aliphatic carboxylic acids is 1. The molecule has 3 N–H and O–H groups in total. The summed E-state index contributed by atoms with van der Waals surface area (Å²) in [5, 5.41) is 28.0. The standard InChI is InChI=1S/C11H16O7/c1-5(10(14)15)18-8-4-6(11(16)17-2)3-7(12)9(8)13/h4-5,7-9,12-13H,3H2,1-2H3,(H,14,15). The summed E-state index contributed by atoms with van der Waals surface area (Å²) < 4.78 is 9.57. The highest BCUT2D eigenvalue weighted by Gasteiger charge is 2.35. The fourth-order valence-electron chi connectivity index (χ4n) is 1.63. The highest BCUT2D eigenvalue weighted by Crippen LogP contribution is 2.23. The van der Waals surface area contributed by atoms with Crippen molar-refractivity contribution in [2.24, 2.45) is 0 Å². The number of carbonyl (C=O) groups is 2. The number of carboxylic acids is 1. The van der Waals surface area contributed by atoms with Crippen molar-refractivity contribution in [3.05, 3.63) is 11.6 Å². The zero-order valence-electron chi connectivity index (χ0n) is 10.1. The molecule has 0 saturated carbocycles. The van der Waals surface area contributed by atoms with Gasteiger partial charge in [0, 0.05) is 12.0 Å². The maximum Gasteiger partial charge on any atom is 0.333 e. The molecule has 0 heterocycles. The summed E-state index contributed by atoms with van der Waals surface area (Å²) in [7, 11) is 1.19. The van der Waals surface area contributed by atoms with E-state index in [2.05, 4.69) is 4.74 Å². The van der Waals surface area contributed by atoms with Crippen molar-refractivity contribution in [2.75, 3.05) is 7.11 Å². The van der Waals surface area contributed by atoms with Crippen LogP contribution in [0.25, 0.3) is 0 Å². The number of carboxylic acid groups (broad SMARTS) is 1. The zero-order valence-corrected chi connectivity index (χ0v) is 10.1. The van der Waals surface area contributed by atoms with Gasteiger partial charge in [0.1, 0.15) is 12.2 Å². The molecule has 0 saturated heterocycles. The van der Waals surface area contributed by atoms with Crippen molar-refractivity contribution in [3.8, 4) is 0 Å². The minimum atomic E-state index is -1.28. The lowest BCUT2D eigenvalue weighted by atomic mass is 9.92. The van der Waals surface area contributed by atoms with Crippen molar-refractivity contribution in [3.63, 3.8) is 0 Å². The van der Waals surface area contributed by atoms with E-state index in [-0.39, 0.29) is 12.0 Å². The molecule has 0 spiro atoms. The molecule has 0 aromatic rings. The molecule has 0 bridgehead atoms. The number of ether oxygens (including phenoxy) is 2. The van der Waals surface area contributed by atoms with E-state index in [1.165, 1.54) is 20.1 Å². The van der Waals surface area contributed by atoms with Gasteiger partial charge in [-0.15, -0.1) is 0 Å². The van der Waals surface area contributed by atoms with Crippen molar-refractivity contribution >= 4 is 11.9 Å². The van der Waals surface area contributed by atoms with E-state index in [1.54, 1.807) is 0 Å². The van der Waals surface area contributed by atoms with Gasteiger partial charge in [-0.05, 0) is 13.0 Å². The van der Waals surface area contributed by atoms with E-state index in [0.717, 1.165) is 0 Å². The van der Waals surface area contributed by atoms with Gasteiger partial charge in [-0.3, -0.25) is 0 Å². The van der Waals surface area contributed by atoms with Crippen molar-refractivity contribution in [1.82, 2.24) is 0 Å². The monoisotopic (exact) mass is 260 g/mol. The van der Waals surface area contributed by atoms with Gasteiger partial charge in [-0.2, -0.15) is 0 Å². The van der Waals surface area contributed by atoms with Gasteiger partial charge in [0.2, 0.25) is 0 Å². The Balaban J connectivity index is 2.86. The number of aliphatic hydroxyl groups excluding tert-OH is 2. The van der Waals surface area contributed by atoms with Gasteiger partial charge in [0.25, 0.3) is 0 Å². The Morgan fingerprint density at radius 1 is 1.44 bits per heavy atom. The molecule has 18 heavy (non-hydrogen) atoms. The van der Waals surface area contributed by atoms with Crippen molar-refractivity contribution in [2.45, 2.75) is 37.8 Å². The Kier molecular flexibility index (Phi) is 4.83. The number of methoxy groups -OCH3 is 1. The highest BCUT2D eigenvalue weighted by atomic mass is 16.5. The maximum atomic E-state index is 11.3. The molecule has 1 rings (SSSR count). The molecule has 0 amide bonds. The number of esters is 1. The lowest BCUT2D eigenvalue weighted by Crippen LogP contribution is -2.44. The van der Waals surface area contributed by atoms with Gasteiger partial charge in [-0.1, -0.05) is 0 Å². The Morgan fingerprint density at radius 2 is 2.06 bits per heavy atom. The SMILES string of the molecule is COC(=O)C1=CC(OC(C)C(=O)O)C(O)C(O)C1. The van der Waals surface area contributed by atoms with Gasteiger partial charge in [0.15, 0.2) is 6.10 Å². The molecular formula is C11H16O7. The quantitative estimate of drug-likeness (QED) is 0.559. The molecule has 0 radical (unpaired) electrons. The van der Waals surface area contributed by atoms with Crippen LogP contribution in [0.1, 0.15) is 13.3 Å². The molecular weight excluding hydrogens is 244 g/mol. The van der Waals surface area contributed by atoms with Gasteiger partial charge >= 0.3 is 11.9 Å². The van der Waals surface area contributed by atoms with E-state index in [4.69, 9.17) is 9.84 Å². The molecule has 1 aliphatic carbocycles. The third kappa shape index (κ3) is 3.28. The van der Waals surface area contributed by atoms with Crippen LogP contribution in [-0.4, -0.2) is 58.8 Å². The predicted molar refractivity (Wildman–Crippen MR) is 58.7 cm³/mol. The maximum absolute atomic E-state index is 11.3. The van der Waals surface area contributed by atoms with Gasteiger partial charge in [0.05, 0.1) is 13.2 Å². The number of aliphatic hydroxyl groups is 2. The molecule has 102 valence electrons. The van der Waals surface area contributed by atoms with Crippen molar-refractivity contribution < 1.29 is 34.4 Å². The normalized spacial score (nSPS) is 29.3. The second-order valence-corrected chi connectivity index (χ2v) is 4.03. The topological polar surface area (TPSA) is 113 Å². The summed E-state index contributed by atoms with van der Waals surface area (Å²) in [6.45, 7) is 1.29. The minimum absolute atomic E-state index is 0.0604. The average molecular weight is 260 g/mol. The number of rotatable bonds is 4. The first-order valence-electron chi connectivity index (χ1n) is 5.40. The molecule has 7 heteroatoms. The third-order valence-electron chi connectivity index (χ3n) is 2.68. The van der Waals surface area contributed by atoms with Crippen LogP contribution in [0.4, 0.5) is 0 Å². The van der Waals surface area contributed by atoms with Crippen LogP contribution in [0.5, 0.6) is 0 Å². The van der Waals surface area contributed by atoms with Crippen LogP contribution >= 0.6 is 0 Å². The summed E-state index contributed by atoms with van der Waals surface area (Å²) in [6, 6.07) is 0. The lowest BCUT2D eigenvalue weighted by molar-refractivity contribution is -0.158. The van der Waals surface area contributed by atoms with Gasteiger partial charge in [-0.25, -0.2) is 9.59 Å². The molecule has 0 aliphatic heterocycles. The second kappa shape index (κ2) is 5.94. The van der Waals surface area contributed by atoms with Crippen LogP contribution in [-0.2, 0) is 19.1 Å². The molecule has 4 unspecified atom stereocenters.